The number of fused-ring (bicyclic) bond motifs is 1. The first-order valence-corrected chi connectivity index (χ1v) is 7.55. The van der Waals surface area contributed by atoms with Gasteiger partial charge in [0.05, 0.1) is 30.5 Å². The molecule has 0 aliphatic carbocycles. The number of hydrogen-bond acceptors (Lipinski definition) is 4. The number of rotatable bonds is 4. The molecule has 2 heterocycles. The molecule has 0 radical (unpaired) electrons. The maximum Gasteiger partial charge on any atom is 0.265 e. The van der Waals surface area contributed by atoms with Crippen LogP contribution in [-0.2, 0) is 10.4 Å². The molecule has 1 aromatic carbocycles. The zero-order valence-electron chi connectivity index (χ0n) is 13.5. The van der Waals surface area contributed by atoms with Crippen LogP contribution in [0.3, 0.4) is 0 Å². The summed E-state index contributed by atoms with van der Waals surface area (Å²) in [5.41, 5.74) is 0.110. The molecular weight excluding hydrogens is 306 g/mol. The predicted octanol–water partition coefficient (Wildman–Crippen LogP) is 2.34. The normalized spacial score (nSPS) is 19.2. The Balaban J connectivity index is 2.02. The molecule has 0 unspecified atom stereocenters. The van der Waals surface area contributed by atoms with E-state index in [-0.39, 0.29) is 18.7 Å². The van der Waals surface area contributed by atoms with Gasteiger partial charge in [-0.2, -0.15) is 0 Å². The van der Waals surface area contributed by atoms with Crippen LogP contribution < -0.4 is 4.90 Å². The van der Waals surface area contributed by atoms with Crippen LogP contribution in [0.5, 0.6) is 0 Å². The standard InChI is InChI=1S/C19H17NO4/c1-4-9-20-15-8-6-5-7-14(15)19(23,18(20)22)10-16(21)17-12(2)11-24-13(17)3/h1,5-8,11,23H,9-10H2,2-3H3/t19-/m0/s1. The molecule has 1 amide bonds. The molecule has 0 saturated carbocycles. The minimum Gasteiger partial charge on any atom is -0.469 e. The molecule has 0 fully saturated rings. The number of anilines is 1. The Morgan fingerprint density at radius 2 is 2.08 bits per heavy atom. The van der Waals surface area contributed by atoms with Gasteiger partial charge in [-0.1, -0.05) is 24.1 Å². The van der Waals surface area contributed by atoms with Crippen molar-refractivity contribution in [2.45, 2.75) is 25.9 Å². The van der Waals surface area contributed by atoms with Crippen molar-refractivity contribution in [3.8, 4) is 12.3 Å². The topological polar surface area (TPSA) is 70.8 Å². The lowest BCUT2D eigenvalue weighted by molar-refractivity contribution is -0.135. The first kappa shape index (κ1) is 16.0. The number of aliphatic hydroxyl groups is 1. The molecule has 0 spiro atoms. The van der Waals surface area contributed by atoms with Crippen molar-refractivity contribution in [2.75, 3.05) is 11.4 Å². The Bertz CT molecular complexity index is 854. The number of terminal acetylenes is 1. The van der Waals surface area contributed by atoms with Crippen LogP contribution in [0.15, 0.2) is 34.9 Å². The van der Waals surface area contributed by atoms with Crippen LogP contribution in [0, 0.1) is 26.2 Å². The number of furan rings is 1. The predicted molar refractivity (Wildman–Crippen MR) is 88.7 cm³/mol. The quantitative estimate of drug-likeness (QED) is 0.692. The SMILES string of the molecule is C#CCN1C(=O)[C@](O)(CC(=O)c2c(C)coc2C)c2ccccc21. The maximum atomic E-state index is 12.8. The largest absolute Gasteiger partial charge is 0.469 e. The number of aryl methyl sites for hydroxylation is 2. The molecule has 122 valence electrons. The van der Waals surface area contributed by atoms with E-state index in [1.165, 1.54) is 11.2 Å². The average Bonchev–Trinajstić information content (AvgIpc) is 2.99. The lowest BCUT2D eigenvalue weighted by Gasteiger charge is -2.21. The van der Waals surface area contributed by atoms with Crippen LogP contribution >= 0.6 is 0 Å². The van der Waals surface area contributed by atoms with E-state index in [2.05, 4.69) is 5.92 Å². The van der Waals surface area contributed by atoms with Crippen LogP contribution in [-0.4, -0.2) is 23.3 Å². The summed E-state index contributed by atoms with van der Waals surface area (Å²) < 4.78 is 5.25. The Morgan fingerprint density at radius 1 is 1.38 bits per heavy atom. The van der Waals surface area contributed by atoms with E-state index in [0.717, 1.165) is 0 Å². The van der Waals surface area contributed by atoms with E-state index in [4.69, 9.17) is 10.8 Å². The Morgan fingerprint density at radius 3 is 2.71 bits per heavy atom. The average molecular weight is 323 g/mol. The van der Waals surface area contributed by atoms with Crippen LogP contribution in [0.2, 0.25) is 0 Å². The van der Waals surface area contributed by atoms with Gasteiger partial charge in [-0.15, -0.1) is 6.42 Å². The highest BCUT2D eigenvalue weighted by Gasteiger charge is 2.50. The molecule has 1 N–H and O–H groups in total. The van der Waals surface area contributed by atoms with E-state index in [1.54, 1.807) is 38.1 Å². The third-order valence-electron chi connectivity index (χ3n) is 4.34. The maximum absolute atomic E-state index is 12.8. The van der Waals surface area contributed by atoms with Gasteiger partial charge in [0.25, 0.3) is 5.91 Å². The summed E-state index contributed by atoms with van der Waals surface area (Å²) in [7, 11) is 0. The molecule has 1 aromatic heterocycles. The lowest BCUT2D eigenvalue weighted by Crippen LogP contribution is -2.42. The van der Waals surface area contributed by atoms with Gasteiger partial charge in [-0.3, -0.25) is 14.5 Å². The smallest absolute Gasteiger partial charge is 0.265 e. The summed E-state index contributed by atoms with van der Waals surface area (Å²) in [5.74, 6) is 1.97. The fourth-order valence-corrected chi connectivity index (χ4v) is 3.23. The Labute approximate surface area is 139 Å². The van der Waals surface area contributed by atoms with Gasteiger partial charge in [0, 0.05) is 5.56 Å². The van der Waals surface area contributed by atoms with Crippen molar-refractivity contribution < 1.29 is 19.1 Å². The van der Waals surface area contributed by atoms with Gasteiger partial charge in [0.15, 0.2) is 11.4 Å². The Hall–Kier alpha value is -2.84. The van der Waals surface area contributed by atoms with E-state index < -0.39 is 11.5 Å². The molecule has 5 heteroatoms. The van der Waals surface area contributed by atoms with Crippen LogP contribution in [0.1, 0.15) is 33.7 Å². The van der Waals surface area contributed by atoms with E-state index in [9.17, 15) is 14.7 Å². The molecule has 2 aromatic rings. The van der Waals surface area contributed by atoms with Gasteiger partial charge in [0.1, 0.15) is 5.76 Å². The van der Waals surface area contributed by atoms with Gasteiger partial charge < -0.3 is 9.52 Å². The van der Waals surface area contributed by atoms with Gasteiger partial charge in [-0.05, 0) is 25.5 Å². The van der Waals surface area contributed by atoms with E-state index >= 15 is 0 Å². The number of hydrogen-bond donors (Lipinski definition) is 1. The summed E-state index contributed by atoms with van der Waals surface area (Å²) >= 11 is 0. The number of para-hydroxylation sites is 1. The fraction of sp³-hybridized carbons (Fsp3) is 0.263. The number of amides is 1. The Kier molecular flexibility index (Phi) is 3.78. The summed E-state index contributed by atoms with van der Waals surface area (Å²) in [4.78, 5) is 26.8. The third-order valence-corrected chi connectivity index (χ3v) is 4.34. The number of benzene rings is 1. The highest BCUT2D eigenvalue weighted by molar-refractivity contribution is 6.11. The number of carbonyl (C=O) groups excluding carboxylic acids is 2. The molecule has 0 saturated heterocycles. The molecule has 5 nitrogen and oxygen atoms in total. The molecule has 0 bridgehead atoms. The number of carbonyl (C=O) groups is 2. The second-order valence-corrected chi connectivity index (χ2v) is 5.92. The highest BCUT2D eigenvalue weighted by Crippen LogP contribution is 2.42. The van der Waals surface area contributed by atoms with Gasteiger partial charge in [0.2, 0.25) is 0 Å². The molecule has 3 rings (SSSR count). The third kappa shape index (κ3) is 2.24. The molecule has 1 aliphatic rings. The number of Topliss-reactive ketones (excluding diaryl/α,β-unsaturated/α-hetero) is 1. The lowest BCUT2D eigenvalue weighted by atomic mass is 9.87. The second-order valence-electron chi connectivity index (χ2n) is 5.92. The second kappa shape index (κ2) is 5.66. The van der Waals surface area contributed by atoms with Crippen molar-refractivity contribution in [1.82, 2.24) is 0 Å². The van der Waals surface area contributed by atoms with Crippen LogP contribution in [0.4, 0.5) is 5.69 Å². The highest BCUT2D eigenvalue weighted by atomic mass is 16.3. The molecule has 1 atom stereocenters. The van der Waals surface area contributed by atoms with Crippen molar-refractivity contribution in [1.29, 1.82) is 0 Å². The summed E-state index contributed by atoms with van der Waals surface area (Å²) in [6, 6.07) is 6.83. The van der Waals surface area contributed by atoms with Crippen LogP contribution in [0.25, 0.3) is 0 Å². The minimum absolute atomic E-state index is 0.0378. The molecule has 1 aliphatic heterocycles. The number of nitrogens with zero attached hydrogens (tertiary/aromatic N) is 1. The van der Waals surface area contributed by atoms with Crippen molar-refractivity contribution in [2.24, 2.45) is 0 Å². The summed E-state index contributed by atoms with van der Waals surface area (Å²) in [6.07, 6.45) is 6.46. The first-order chi connectivity index (χ1) is 11.4. The minimum atomic E-state index is -1.92. The van der Waals surface area contributed by atoms with E-state index in [0.29, 0.717) is 28.1 Å². The zero-order chi connectivity index (χ0) is 17.5. The van der Waals surface area contributed by atoms with Crippen molar-refractivity contribution >= 4 is 17.4 Å². The van der Waals surface area contributed by atoms with Crippen molar-refractivity contribution in [3.05, 3.63) is 53.0 Å². The van der Waals surface area contributed by atoms with Crippen molar-refractivity contribution in [3.63, 3.8) is 0 Å². The molecular formula is C19H17NO4. The van der Waals surface area contributed by atoms with E-state index in [1.807, 2.05) is 0 Å². The van der Waals surface area contributed by atoms with Gasteiger partial charge in [-0.25, -0.2) is 0 Å². The first-order valence-electron chi connectivity index (χ1n) is 7.55. The zero-order valence-corrected chi connectivity index (χ0v) is 13.5. The summed E-state index contributed by atoms with van der Waals surface area (Å²) in [5, 5.41) is 11.0. The molecule has 24 heavy (non-hydrogen) atoms. The number of ketones is 1. The monoisotopic (exact) mass is 323 g/mol. The summed E-state index contributed by atoms with van der Waals surface area (Å²) in [6.45, 7) is 3.47. The fourth-order valence-electron chi connectivity index (χ4n) is 3.23. The van der Waals surface area contributed by atoms with Gasteiger partial charge >= 0.3 is 0 Å².